The number of nitrogens with zero attached hydrogens (tertiary/aromatic N) is 2. The van der Waals surface area contributed by atoms with Crippen molar-refractivity contribution in [1.82, 2.24) is 9.78 Å². The van der Waals surface area contributed by atoms with Gasteiger partial charge >= 0.3 is 0 Å². The van der Waals surface area contributed by atoms with E-state index in [-0.39, 0.29) is 23.2 Å². The van der Waals surface area contributed by atoms with E-state index >= 15 is 0 Å². The fraction of sp³-hybridized carbons (Fsp3) is 0.231. The van der Waals surface area contributed by atoms with Crippen molar-refractivity contribution in [3.63, 3.8) is 0 Å². The fourth-order valence-corrected chi connectivity index (χ4v) is 4.26. The Morgan fingerprint density at radius 2 is 1.83 bits per heavy atom. The van der Waals surface area contributed by atoms with Crippen LogP contribution in [0.1, 0.15) is 52.8 Å². The number of hydrogen-bond acceptors (Lipinski definition) is 4. The molecule has 0 spiro atoms. The summed E-state index contributed by atoms with van der Waals surface area (Å²) in [5.74, 6) is 1.50. The highest BCUT2D eigenvalue weighted by molar-refractivity contribution is 6.36. The quantitative estimate of drug-likeness (QED) is 0.252. The highest BCUT2D eigenvalue weighted by Gasteiger charge is 2.17. The van der Waals surface area contributed by atoms with Crippen LogP contribution >= 0.6 is 34.8 Å². The molecule has 0 unspecified atom stereocenters. The number of rotatable bonds is 8. The first-order valence-electron chi connectivity index (χ1n) is 11.0. The van der Waals surface area contributed by atoms with Gasteiger partial charge in [-0.3, -0.25) is 9.48 Å². The van der Waals surface area contributed by atoms with Gasteiger partial charge in [0.05, 0.1) is 6.54 Å². The Morgan fingerprint density at radius 3 is 2.54 bits per heavy atom. The zero-order valence-corrected chi connectivity index (χ0v) is 21.7. The van der Waals surface area contributed by atoms with Crippen molar-refractivity contribution in [2.24, 2.45) is 0 Å². The van der Waals surface area contributed by atoms with Gasteiger partial charge in [-0.1, -0.05) is 66.8 Å². The number of halogens is 3. The van der Waals surface area contributed by atoms with Crippen molar-refractivity contribution in [3.8, 4) is 5.75 Å². The summed E-state index contributed by atoms with van der Waals surface area (Å²) >= 11 is 18.8. The molecule has 2 aromatic carbocycles. The number of aromatic nitrogens is 2. The summed E-state index contributed by atoms with van der Waals surface area (Å²) in [5, 5.41) is 8.33. The molecule has 0 aliphatic rings. The Morgan fingerprint density at radius 1 is 1.09 bits per heavy atom. The summed E-state index contributed by atoms with van der Waals surface area (Å²) in [6, 6.07) is 14.7. The number of nitrogens with one attached hydrogen (secondary N) is 1. The van der Waals surface area contributed by atoms with Crippen LogP contribution in [0, 0.1) is 6.92 Å². The molecule has 0 aliphatic heterocycles. The van der Waals surface area contributed by atoms with Crippen LogP contribution in [0.4, 0.5) is 5.82 Å². The number of ether oxygens (including phenoxy) is 1. The van der Waals surface area contributed by atoms with Gasteiger partial charge in [0, 0.05) is 21.8 Å². The number of anilines is 1. The van der Waals surface area contributed by atoms with E-state index in [0.29, 0.717) is 33.8 Å². The van der Waals surface area contributed by atoms with Crippen LogP contribution in [0.15, 0.2) is 59.1 Å². The fourth-order valence-electron chi connectivity index (χ4n) is 3.55. The van der Waals surface area contributed by atoms with Gasteiger partial charge in [0.1, 0.15) is 23.1 Å². The molecule has 4 aromatic rings. The molecule has 0 saturated carbocycles. The topological polar surface area (TPSA) is 69.3 Å². The number of benzene rings is 2. The Bertz CT molecular complexity index is 1340. The van der Waals surface area contributed by atoms with Crippen LogP contribution in [0.3, 0.4) is 0 Å². The molecule has 0 bridgehead atoms. The smallest absolute Gasteiger partial charge is 0.292 e. The molecule has 0 aliphatic carbocycles. The van der Waals surface area contributed by atoms with Crippen LogP contribution < -0.4 is 10.1 Å². The molecule has 0 radical (unpaired) electrons. The van der Waals surface area contributed by atoms with Gasteiger partial charge in [-0.2, -0.15) is 5.10 Å². The molecule has 0 atom stereocenters. The van der Waals surface area contributed by atoms with E-state index in [9.17, 15) is 4.79 Å². The van der Waals surface area contributed by atoms with Crippen molar-refractivity contribution in [1.29, 1.82) is 0 Å². The van der Waals surface area contributed by atoms with Crippen LogP contribution in [-0.2, 0) is 13.2 Å². The number of carbonyl (C=O) groups excluding carboxylic acids is 1. The van der Waals surface area contributed by atoms with Gasteiger partial charge in [-0.25, -0.2) is 0 Å². The van der Waals surface area contributed by atoms with Crippen LogP contribution in [0.25, 0.3) is 0 Å². The number of furan rings is 1. The highest BCUT2D eigenvalue weighted by Crippen LogP contribution is 2.29. The van der Waals surface area contributed by atoms with Crippen molar-refractivity contribution in [3.05, 3.63) is 98.0 Å². The average Bonchev–Trinajstić information content (AvgIpc) is 3.41. The van der Waals surface area contributed by atoms with Gasteiger partial charge in [0.15, 0.2) is 11.6 Å². The van der Waals surface area contributed by atoms with Crippen molar-refractivity contribution in [2.45, 2.75) is 39.8 Å². The molecule has 1 amide bonds. The zero-order chi connectivity index (χ0) is 25.1. The summed E-state index contributed by atoms with van der Waals surface area (Å²) < 4.78 is 13.2. The van der Waals surface area contributed by atoms with E-state index in [4.69, 9.17) is 44.0 Å². The molecular formula is C26H24Cl3N3O3. The molecule has 0 fully saturated rings. The second-order valence-electron chi connectivity index (χ2n) is 8.43. The molecular weight excluding hydrogens is 509 g/mol. The third kappa shape index (κ3) is 6.01. The maximum absolute atomic E-state index is 12.7. The third-order valence-corrected chi connectivity index (χ3v) is 6.36. The van der Waals surface area contributed by atoms with Gasteiger partial charge in [0.2, 0.25) is 0 Å². The molecule has 2 aromatic heterocycles. The average molecular weight is 533 g/mol. The summed E-state index contributed by atoms with van der Waals surface area (Å²) in [4.78, 5) is 12.7. The van der Waals surface area contributed by atoms with E-state index in [1.165, 1.54) is 0 Å². The lowest BCUT2D eigenvalue weighted by Gasteiger charge is -2.14. The number of amides is 1. The molecule has 182 valence electrons. The second-order valence-corrected chi connectivity index (χ2v) is 9.65. The van der Waals surface area contributed by atoms with E-state index in [1.54, 1.807) is 41.2 Å². The lowest BCUT2D eigenvalue weighted by molar-refractivity contribution is 0.0992. The predicted octanol–water partition coefficient (Wildman–Crippen LogP) is 7.75. The van der Waals surface area contributed by atoms with Gasteiger partial charge in [-0.15, -0.1) is 0 Å². The minimum atomic E-state index is -0.474. The van der Waals surface area contributed by atoms with E-state index < -0.39 is 5.91 Å². The predicted molar refractivity (Wildman–Crippen MR) is 139 cm³/mol. The maximum Gasteiger partial charge on any atom is 0.292 e. The SMILES string of the molecule is Cc1ccc(C(C)C)c(OCc2ccc(C(=O)Nc3nn(Cc4c(Cl)cccc4Cl)cc3Cl)o2)c1. The first-order chi connectivity index (χ1) is 16.7. The molecule has 0 saturated heterocycles. The first kappa shape index (κ1) is 25.2. The summed E-state index contributed by atoms with van der Waals surface area (Å²) in [5.41, 5.74) is 2.93. The van der Waals surface area contributed by atoms with Crippen LogP contribution in [-0.4, -0.2) is 15.7 Å². The van der Waals surface area contributed by atoms with Gasteiger partial charge in [-0.05, 0) is 54.3 Å². The largest absolute Gasteiger partial charge is 0.485 e. The van der Waals surface area contributed by atoms with Crippen LogP contribution in [0.5, 0.6) is 5.75 Å². The maximum atomic E-state index is 12.7. The van der Waals surface area contributed by atoms with Gasteiger partial charge < -0.3 is 14.5 Å². The standard InChI is InChI=1S/C26H24Cl3N3O3/c1-15(2)18-9-7-16(3)11-24(18)34-14-17-8-10-23(35-17)26(33)30-25-22(29)13-32(31-25)12-19-20(27)5-4-6-21(19)28/h4-11,13,15H,12,14H2,1-3H3,(H,30,31,33). The Hall–Kier alpha value is -2.93. The minimum Gasteiger partial charge on any atom is -0.485 e. The highest BCUT2D eigenvalue weighted by atomic mass is 35.5. The molecule has 4 rings (SSSR count). The second kappa shape index (κ2) is 10.8. The lowest BCUT2D eigenvalue weighted by Crippen LogP contribution is -2.12. The lowest BCUT2D eigenvalue weighted by atomic mass is 10.0. The number of carbonyl (C=O) groups is 1. The Kier molecular flexibility index (Phi) is 7.75. The summed E-state index contributed by atoms with van der Waals surface area (Å²) in [6.45, 7) is 6.74. The number of hydrogen-bond donors (Lipinski definition) is 1. The normalized spacial score (nSPS) is 11.2. The van der Waals surface area contributed by atoms with Gasteiger partial charge in [0.25, 0.3) is 5.91 Å². The van der Waals surface area contributed by atoms with Crippen LogP contribution in [0.2, 0.25) is 15.1 Å². The Labute approximate surface area is 218 Å². The van der Waals surface area contributed by atoms with E-state index in [1.807, 2.05) is 13.0 Å². The molecule has 9 heteroatoms. The zero-order valence-electron chi connectivity index (χ0n) is 19.4. The summed E-state index contributed by atoms with van der Waals surface area (Å²) in [7, 11) is 0. The third-order valence-electron chi connectivity index (χ3n) is 5.38. The van der Waals surface area contributed by atoms with Crippen molar-refractivity contribution in [2.75, 3.05) is 5.32 Å². The van der Waals surface area contributed by atoms with Crippen molar-refractivity contribution >= 4 is 46.5 Å². The Balaban J connectivity index is 1.41. The molecule has 6 nitrogen and oxygen atoms in total. The monoisotopic (exact) mass is 531 g/mol. The minimum absolute atomic E-state index is 0.122. The van der Waals surface area contributed by atoms with E-state index in [2.05, 4.69) is 36.4 Å². The van der Waals surface area contributed by atoms with E-state index in [0.717, 1.165) is 16.9 Å². The summed E-state index contributed by atoms with van der Waals surface area (Å²) in [6.07, 6.45) is 1.59. The molecule has 1 N–H and O–H groups in total. The number of aryl methyl sites for hydroxylation is 1. The molecule has 35 heavy (non-hydrogen) atoms. The van der Waals surface area contributed by atoms with Crippen molar-refractivity contribution < 1.29 is 13.9 Å². The molecule has 2 heterocycles. The first-order valence-corrected chi connectivity index (χ1v) is 12.1.